The number of carbonyl (C=O) groups is 1. The standard InChI is InChI=1S/C18H18F4N4O.ClH/c19-14-3-1-2-4-15(14)26-16(18(20,21)22)13(10-24-26)17(27)25-11-5-6-12(25)9-23-8-7-11;/h1-4,10-12,23H,5-9H2;1H. The van der Waals surface area contributed by atoms with Crippen LogP contribution in [0, 0.1) is 5.82 Å². The first-order valence-corrected chi connectivity index (χ1v) is 8.81. The highest BCUT2D eigenvalue weighted by Crippen LogP contribution is 2.37. The first kappa shape index (κ1) is 20.6. The average molecular weight is 419 g/mol. The van der Waals surface area contributed by atoms with Gasteiger partial charge in [-0.2, -0.15) is 18.3 Å². The van der Waals surface area contributed by atoms with Crippen LogP contribution < -0.4 is 5.32 Å². The van der Waals surface area contributed by atoms with E-state index >= 15 is 0 Å². The lowest BCUT2D eigenvalue weighted by atomic mass is 10.1. The van der Waals surface area contributed by atoms with E-state index in [-0.39, 0.29) is 30.2 Å². The first-order valence-electron chi connectivity index (χ1n) is 8.81. The Morgan fingerprint density at radius 1 is 1.14 bits per heavy atom. The third kappa shape index (κ3) is 3.48. The minimum Gasteiger partial charge on any atom is -0.331 e. The number of nitrogens with zero attached hydrogens (tertiary/aromatic N) is 3. The highest BCUT2D eigenvalue weighted by Gasteiger charge is 2.45. The van der Waals surface area contributed by atoms with E-state index in [1.54, 1.807) is 4.90 Å². The van der Waals surface area contributed by atoms with E-state index in [2.05, 4.69) is 10.4 Å². The second kappa shape index (κ2) is 7.71. The summed E-state index contributed by atoms with van der Waals surface area (Å²) in [4.78, 5) is 14.6. The van der Waals surface area contributed by atoms with Crippen LogP contribution in [-0.2, 0) is 6.18 Å². The van der Waals surface area contributed by atoms with Crippen molar-refractivity contribution in [1.29, 1.82) is 0 Å². The van der Waals surface area contributed by atoms with E-state index in [4.69, 9.17) is 0 Å². The SMILES string of the molecule is Cl.O=C(c1cnn(-c2ccccc2F)c1C(F)(F)F)N1C2CCNCC1CC2. The lowest BCUT2D eigenvalue weighted by molar-refractivity contribution is -0.143. The van der Waals surface area contributed by atoms with Gasteiger partial charge >= 0.3 is 6.18 Å². The van der Waals surface area contributed by atoms with Crippen molar-refractivity contribution in [3.05, 3.63) is 47.5 Å². The monoisotopic (exact) mass is 418 g/mol. The van der Waals surface area contributed by atoms with E-state index < -0.39 is 29.2 Å². The Labute approximate surface area is 165 Å². The molecular weight excluding hydrogens is 400 g/mol. The van der Waals surface area contributed by atoms with E-state index in [1.165, 1.54) is 18.2 Å². The highest BCUT2D eigenvalue weighted by molar-refractivity contribution is 5.96. The van der Waals surface area contributed by atoms with Crippen molar-refractivity contribution in [2.24, 2.45) is 0 Å². The molecule has 1 N–H and O–H groups in total. The molecule has 5 nitrogen and oxygen atoms in total. The number of alkyl halides is 3. The van der Waals surface area contributed by atoms with E-state index in [9.17, 15) is 22.4 Å². The Hall–Kier alpha value is -2.13. The first-order chi connectivity index (χ1) is 12.9. The lowest BCUT2D eigenvalue weighted by Gasteiger charge is -2.28. The van der Waals surface area contributed by atoms with Crippen molar-refractivity contribution in [2.75, 3.05) is 13.1 Å². The number of amides is 1. The number of nitrogens with one attached hydrogen (secondary N) is 1. The molecule has 2 fully saturated rings. The molecule has 2 aliphatic heterocycles. The van der Waals surface area contributed by atoms with Gasteiger partial charge in [-0.15, -0.1) is 12.4 Å². The molecule has 0 aliphatic carbocycles. The molecule has 0 saturated carbocycles. The van der Waals surface area contributed by atoms with Crippen molar-refractivity contribution in [2.45, 2.75) is 37.5 Å². The van der Waals surface area contributed by atoms with Crippen LogP contribution in [0.3, 0.4) is 0 Å². The molecule has 0 spiro atoms. The Morgan fingerprint density at radius 2 is 1.86 bits per heavy atom. The summed E-state index contributed by atoms with van der Waals surface area (Å²) in [6, 6.07) is 4.83. The van der Waals surface area contributed by atoms with Crippen molar-refractivity contribution in [3.8, 4) is 5.69 Å². The predicted molar refractivity (Wildman–Crippen MR) is 96.2 cm³/mol. The normalized spacial score (nSPS) is 21.9. The highest BCUT2D eigenvalue weighted by atomic mass is 35.5. The topological polar surface area (TPSA) is 50.2 Å². The molecular formula is C18H19ClF4N4O. The molecule has 1 amide bonds. The Kier molecular flexibility index (Phi) is 5.67. The summed E-state index contributed by atoms with van der Waals surface area (Å²) < 4.78 is 56.0. The van der Waals surface area contributed by atoms with Crippen LogP contribution in [0.2, 0.25) is 0 Å². The maximum atomic E-state index is 14.1. The maximum Gasteiger partial charge on any atom is 0.434 e. The number of hydrogen-bond donors (Lipinski definition) is 1. The lowest BCUT2D eigenvalue weighted by Crippen LogP contribution is -2.43. The molecule has 152 valence electrons. The molecule has 2 aromatic rings. The van der Waals surface area contributed by atoms with Gasteiger partial charge in [0.25, 0.3) is 5.91 Å². The number of rotatable bonds is 2. The van der Waals surface area contributed by atoms with Crippen LogP contribution in [0.15, 0.2) is 30.5 Å². The molecule has 2 aliphatic rings. The van der Waals surface area contributed by atoms with Crippen molar-refractivity contribution < 1.29 is 22.4 Å². The van der Waals surface area contributed by atoms with Gasteiger partial charge in [-0.05, 0) is 37.9 Å². The van der Waals surface area contributed by atoms with Gasteiger partial charge in [-0.3, -0.25) is 4.79 Å². The quantitative estimate of drug-likeness (QED) is 0.760. The molecule has 28 heavy (non-hydrogen) atoms. The summed E-state index contributed by atoms with van der Waals surface area (Å²) >= 11 is 0. The summed E-state index contributed by atoms with van der Waals surface area (Å²) in [6.45, 7) is 1.29. The number of benzene rings is 1. The van der Waals surface area contributed by atoms with Gasteiger partial charge in [0.2, 0.25) is 0 Å². The van der Waals surface area contributed by atoms with Gasteiger partial charge in [-0.1, -0.05) is 12.1 Å². The number of carbonyl (C=O) groups excluding carboxylic acids is 1. The Morgan fingerprint density at radius 3 is 2.57 bits per heavy atom. The third-order valence-electron chi connectivity index (χ3n) is 5.24. The van der Waals surface area contributed by atoms with Gasteiger partial charge in [0.1, 0.15) is 11.5 Å². The summed E-state index contributed by atoms with van der Waals surface area (Å²) in [5, 5.41) is 6.93. The summed E-state index contributed by atoms with van der Waals surface area (Å²) in [6.07, 6.45) is -1.72. The third-order valence-corrected chi connectivity index (χ3v) is 5.24. The Bertz CT molecular complexity index is 856. The van der Waals surface area contributed by atoms with Gasteiger partial charge in [-0.25, -0.2) is 9.07 Å². The van der Waals surface area contributed by atoms with Crippen molar-refractivity contribution >= 4 is 18.3 Å². The van der Waals surface area contributed by atoms with Crippen LogP contribution >= 0.6 is 12.4 Å². The smallest absolute Gasteiger partial charge is 0.331 e. The molecule has 1 aromatic heterocycles. The van der Waals surface area contributed by atoms with Crippen LogP contribution in [0.5, 0.6) is 0 Å². The molecule has 2 bridgehead atoms. The number of fused-ring (bicyclic) bond motifs is 2. The minimum atomic E-state index is -4.85. The molecule has 2 unspecified atom stereocenters. The fourth-order valence-corrected chi connectivity index (χ4v) is 4.04. The fourth-order valence-electron chi connectivity index (χ4n) is 4.04. The zero-order valence-corrected chi connectivity index (χ0v) is 15.6. The van der Waals surface area contributed by atoms with Crippen molar-refractivity contribution in [1.82, 2.24) is 20.0 Å². The van der Waals surface area contributed by atoms with Crippen LogP contribution in [0.25, 0.3) is 5.69 Å². The van der Waals surface area contributed by atoms with E-state index in [0.29, 0.717) is 17.6 Å². The molecule has 4 rings (SSSR count). The number of para-hydroxylation sites is 1. The average Bonchev–Trinajstić information content (AvgIpc) is 3.15. The van der Waals surface area contributed by atoms with Gasteiger partial charge in [0.05, 0.1) is 11.8 Å². The molecule has 1 aromatic carbocycles. The molecule has 0 radical (unpaired) electrons. The predicted octanol–water partition coefficient (Wildman–Crippen LogP) is 3.42. The van der Waals surface area contributed by atoms with Crippen LogP contribution in [-0.4, -0.2) is 45.8 Å². The molecule has 2 atom stereocenters. The maximum absolute atomic E-state index is 14.1. The van der Waals surface area contributed by atoms with E-state index in [0.717, 1.165) is 31.6 Å². The summed E-state index contributed by atoms with van der Waals surface area (Å²) in [7, 11) is 0. The number of hydrogen-bond acceptors (Lipinski definition) is 3. The second-order valence-electron chi connectivity index (χ2n) is 6.86. The molecule has 3 heterocycles. The Balaban J connectivity index is 0.00000225. The van der Waals surface area contributed by atoms with Gasteiger partial charge in [0, 0.05) is 18.6 Å². The molecule has 10 heteroatoms. The minimum absolute atomic E-state index is 0. The van der Waals surface area contributed by atoms with Crippen LogP contribution in [0.4, 0.5) is 17.6 Å². The number of halogens is 5. The van der Waals surface area contributed by atoms with E-state index in [1.807, 2.05) is 0 Å². The molecule has 2 saturated heterocycles. The zero-order valence-electron chi connectivity index (χ0n) is 14.7. The fraction of sp³-hybridized carbons (Fsp3) is 0.444. The second-order valence-corrected chi connectivity index (χ2v) is 6.86. The van der Waals surface area contributed by atoms with Gasteiger partial charge < -0.3 is 10.2 Å². The summed E-state index contributed by atoms with van der Waals surface area (Å²) in [5.74, 6) is -1.54. The summed E-state index contributed by atoms with van der Waals surface area (Å²) in [5.41, 5.74) is -2.12. The van der Waals surface area contributed by atoms with Crippen LogP contribution in [0.1, 0.15) is 35.3 Å². The van der Waals surface area contributed by atoms with Crippen molar-refractivity contribution in [3.63, 3.8) is 0 Å². The zero-order chi connectivity index (χ0) is 19.2. The largest absolute Gasteiger partial charge is 0.434 e. The van der Waals surface area contributed by atoms with Gasteiger partial charge in [0.15, 0.2) is 5.69 Å². The number of aromatic nitrogens is 2.